The standard InChI is InChI=1S/C21H30ClN5S/c1-15-26-19(14-28-15)9-10-24-21(23-2)25-13-17-7-5-11-27(3)20(17)16-6-4-8-18(22)12-16/h4,6,8,12,14,17,20H,5,7,9-11,13H2,1-3H3,(H2,23,24,25). The van der Waals surface area contributed by atoms with E-state index in [2.05, 4.69) is 50.1 Å². The van der Waals surface area contributed by atoms with E-state index in [0.717, 1.165) is 47.7 Å². The fourth-order valence-corrected chi connectivity index (χ4v) is 4.82. The number of aromatic nitrogens is 1. The Labute approximate surface area is 177 Å². The number of rotatable bonds is 6. The number of aryl methyl sites for hydroxylation is 1. The van der Waals surface area contributed by atoms with Crippen molar-refractivity contribution in [1.82, 2.24) is 20.5 Å². The van der Waals surface area contributed by atoms with Crippen LogP contribution in [0.5, 0.6) is 0 Å². The Morgan fingerprint density at radius 3 is 2.96 bits per heavy atom. The Kier molecular flexibility index (Phi) is 7.71. The SMILES string of the molecule is CN=C(NCCc1csc(C)n1)NCC1CCCN(C)C1c1cccc(Cl)c1. The lowest BCUT2D eigenvalue weighted by Crippen LogP contribution is -2.45. The summed E-state index contributed by atoms with van der Waals surface area (Å²) < 4.78 is 0. The molecule has 1 aliphatic rings. The molecule has 0 aliphatic carbocycles. The fraction of sp³-hybridized carbons (Fsp3) is 0.524. The molecule has 2 aromatic rings. The summed E-state index contributed by atoms with van der Waals surface area (Å²) in [6.45, 7) is 4.87. The highest BCUT2D eigenvalue weighted by molar-refractivity contribution is 7.09. The molecular formula is C21H30ClN5S. The number of hydrogen-bond donors (Lipinski definition) is 2. The first-order valence-electron chi connectivity index (χ1n) is 9.88. The van der Waals surface area contributed by atoms with E-state index >= 15 is 0 Å². The maximum atomic E-state index is 6.25. The molecule has 0 spiro atoms. The van der Waals surface area contributed by atoms with Crippen LogP contribution in [-0.2, 0) is 6.42 Å². The van der Waals surface area contributed by atoms with Crippen LogP contribution < -0.4 is 10.6 Å². The second-order valence-electron chi connectivity index (χ2n) is 7.37. The summed E-state index contributed by atoms with van der Waals surface area (Å²) in [6.07, 6.45) is 3.32. The van der Waals surface area contributed by atoms with Crippen LogP contribution in [0.2, 0.25) is 5.02 Å². The van der Waals surface area contributed by atoms with E-state index in [4.69, 9.17) is 11.6 Å². The summed E-state index contributed by atoms with van der Waals surface area (Å²) in [7, 11) is 4.03. The van der Waals surface area contributed by atoms with Gasteiger partial charge in [-0.15, -0.1) is 11.3 Å². The molecule has 2 heterocycles. The summed E-state index contributed by atoms with van der Waals surface area (Å²) in [5.74, 6) is 1.36. The topological polar surface area (TPSA) is 52.6 Å². The van der Waals surface area contributed by atoms with Gasteiger partial charge < -0.3 is 10.6 Å². The minimum Gasteiger partial charge on any atom is -0.356 e. The van der Waals surface area contributed by atoms with Gasteiger partial charge in [-0.05, 0) is 57.0 Å². The van der Waals surface area contributed by atoms with Crippen molar-refractivity contribution in [2.45, 2.75) is 32.2 Å². The molecular weight excluding hydrogens is 390 g/mol. The first-order valence-corrected chi connectivity index (χ1v) is 11.1. The van der Waals surface area contributed by atoms with Gasteiger partial charge in [0.15, 0.2) is 5.96 Å². The molecule has 0 amide bonds. The molecule has 3 rings (SSSR count). The monoisotopic (exact) mass is 419 g/mol. The van der Waals surface area contributed by atoms with E-state index in [0.29, 0.717) is 12.0 Å². The van der Waals surface area contributed by atoms with Crippen molar-refractivity contribution in [1.29, 1.82) is 0 Å². The molecule has 7 heteroatoms. The van der Waals surface area contributed by atoms with Gasteiger partial charge in [0, 0.05) is 43.0 Å². The summed E-state index contributed by atoms with van der Waals surface area (Å²) in [4.78, 5) is 11.3. The van der Waals surface area contributed by atoms with E-state index in [1.54, 1.807) is 11.3 Å². The number of thiazole rings is 1. The first kappa shape index (κ1) is 21.1. The third-order valence-corrected chi connectivity index (χ3v) is 6.35. The third-order valence-electron chi connectivity index (χ3n) is 5.29. The van der Waals surface area contributed by atoms with E-state index in [1.165, 1.54) is 18.4 Å². The second kappa shape index (κ2) is 10.2. The lowest BCUT2D eigenvalue weighted by Gasteiger charge is -2.40. The molecule has 28 heavy (non-hydrogen) atoms. The summed E-state index contributed by atoms with van der Waals surface area (Å²) in [6, 6.07) is 8.65. The Bertz CT molecular complexity index is 791. The van der Waals surface area contributed by atoms with E-state index in [-0.39, 0.29) is 0 Å². The minimum absolute atomic E-state index is 0.371. The lowest BCUT2D eigenvalue weighted by atomic mass is 9.85. The van der Waals surface area contributed by atoms with Gasteiger partial charge in [0.1, 0.15) is 0 Å². The normalized spacial score (nSPS) is 20.9. The molecule has 0 saturated carbocycles. The average molecular weight is 420 g/mol. The number of benzene rings is 1. The zero-order chi connectivity index (χ0) is 19.9. The van der Waals surface area contributed by atoms with Crippen molar-refractivity contribution >= 4 is 28.9 Å². The molecule has 5 nitrogen and oxygen atoms in total. The van der Waals surface area contributed by atoms with Crippen LogP contribution in [0.4, 0.5) is 0 Å². The average Bonchev–Trinajstić information content (AvgIpc) is 3.09. The highest BCUT2D eigenvalue weighted by Crippen LogP contribution is 2.35. The van der Waals surface area contributed by atoms with Gasteiger partial charge in [-0.3, -0.25) is 9.89 Å². The number of halogens is 1. The quantitative estimate of drug-likeness (QED) is 0.550. The molecule has 1 aromatic carbocycles. The number of piperidine rings is 1. The van der Waals surface area contributed by atoms with Gasteiger partial charge in [-0.1, -0.05) is 23.7 Å². The molecule has 0 bridgehead atoms. The van der Waals surface area contributed by atoms with Gasteiger partial charge in [-0.2, -0.15) is 0 Å². The van der Waals surface area contributed by atoms with Crippen LogP contribution in [0.25, 0.3) is 0 Å². The zero-order valence-corrected chi connectivity index (χ0v) is 18.5. The minimum atomic E-state index is 0.371. The van der Waals surface area contributed by atoms with Crippen LogP contribution in [0.15, 0.2) is 34.6 Å². The van der Waals surface area contributed by atoms with Gasteiger partial charge in [0.2, 0.25) is 0 Å². The highest BCUT2D eigenvalue weighted by atomic mass is 35.5. The molecule has 152 valence electrons. The Morgan fingerprint density at radius 1 is 1.39 bits per heavy atom. The maximum Gasteiger partial charge on any atom is 0.190 e. The molecule has 1 aromatic heterocycles. The van der Waals surface area contributed by atoms with Crippen LogP contribution in [0, 0.1) is 12.8 Å². The van der Waals surface area contributed by atoms with Crippen LogP contribution >= 0.6 is 22.9 Å². The van der Waals surface area contributed by atoms with Crippen LogP contribution in [0.3, 0.4) is 0 Å². The number of nitrogens with zero attached hydrogens (tertiary/aromatic N) is 3. The summed E-state index contributed by atoms with van der Waals surface area (Å²) >= 11 is 7.95. The van der Waals surface area contributed by atoms with Gasteiger partial charge in [0.05, 0.1) is 10.7 Å². The Hall–Kier alpha value is -1.63. The Morgan fingerprint density at radius 2 is 2.25 bits per heavy atom. The smallest absolute Gasteiger partial charge is 0.190 e. The molecule has 1 saturated heterocycles. The lowest BCUT2D eigenvalue weighted by molar-refractivity contribution is 0.122. The number of guanidine groups is 1. The van der Waals surface area contributed by atoms with Crippen molar-refractivity contribution in [2.24, 2.45) is 10.9 Å². The predicted molar refractivity (Wildman–Crippen MR) is 119 cm³/mol. The van der Waals surface area contributed by atoms with Gasteiger partial charge in [0.25, 0.3) is 0 Å². The number of hydrogen-bond acceptors (Lipinski definition) is 4. The van der Waals surface area contributed by atoms with Crippen LogP contribution in [0.1, 0.15) is 35.1 Å². The highest BCUT2D eigenvalue weighted by Gasteiger charge is 2.30. The van der Waals surface area contributed by atoms with Crippen LogP contribution in [-0.4, -0.2) is 49.6 Å². The second-order valence-corrected chi connectivity index (χ2v) is 8.87. The van der Waals surface area contributed by atoms with E-state index < -0.39 is 0 Å². The number of aliphatic imine (C=N–C) groups is 1. The molecule has 1 fully saturated rings. The number of likely N-dealkylation sites (tertiary alicyclic amines) is 1. The van der Waals surface area contributed by atoms with Crippen molar-refractivity contribution < 1.29 is 0 Å². The third kappa shape index (κ3) is 5.69. The summed E-state index contributed by atoms with van der Waals surface area (Å²) in [5.41, 5.74) is 2.43. The van der Waals surface area contributed by atoms with Crippen molar-refractivity contribution in [3.8, 4) is 0 Å². The van der Waals surface area contributed by atoms with E-state index in [1.807, 2.05) is 26.1 Å². The van der Waals surface area contributed by atoms with Crippen molar-refractivity contribution in [3.63, 3.8) is 0 Å². The fourth-order valence-electron chi connectivity index (χ4n) is 3.97. The van der Waals surface area contributed by atoms with Crippen molar-refractivity contribution in [2.75, 3.05) is 33.7 Å². The number of nitrogens with one attached hydrogen (secondary N) is 2. The predicted octanol–water partition coefficient (Wildman–Crippen LogP) is 3.90. The molecule has 2 N–H and O–H groups in total. The van der Waals surface area contributed by atoms with Gasteiger partial charge in [-0.25, -0.2) is 4.98 Å². The Balaban J connectivity index is 1.55. The maximum absolute atomic E-state index is 6.25. The first-order chi connectivity index (χ1) is 13.6. The van der Waals surface area contributed by atoms with Crippen molar-refractivity contribution in [3.05, 3.63) is 50.9 Å². The molecule has 1 aliphatic heterocycles. The summed E-state index contributed by atoms with van der Waals surface area (Å²) in [5, 5.41) is 11.0. The molecule has 0 radical (unpaired) electrons. The zero-order valence-electron chi connectivity index (χ0n) is 16.9. The van der Waals surface area contributed by atoms with E-state index in [9.17, 15) is 0 Å². The molecule has 2 atom stereocenters. The van der Waals surface area contributed by atoms with Gasteiger partial charge >= 0.3 is 0 Å². The molecule has 2 unspecified atom stereocenters. The largest absolute Gasteiger partial charge is 0.356 e.